The summed E-state index contributed by atoms with van der Waals surface area (Å²) in [5.41, 5.74) is 4.60. The number of aromatic nitrogens is 2. The molecule has 0 amide bonds. The van der Waals surface area contributed by atoms with Gasteiger partial charge in [-0.25, -0.2) is 4.98 Å². The average Bonchev–Trinajstić information content (AvgIpc) is 3.04. The van der Waals surface area contributed by atoms with Crippen molar-refractivity contribution in [2.24, 2.45) is 15.8 Å². The number of nitrogens with one attached hydrogen (secondary N) is 1. The van der Waals surface area contributed by atoms with Gasteiger partial charge in [-0.1, -0.05) is 30.4 Å². The predicted molar refractivity (Wildman–Crippen MR) is 89.0 cm³/mol. The molecule has 3 aliphatic rings. The summed E-state index contributed by atoms with van der Waals surface area (Å²) < 4.78 is -0.0240. The monoisotopic (exact) mass is 301 g/mol. The molecule has 2 aromatic rings. The Bertz CT molecular complexity index is 997. The zero-order valence-corrected chi connectivity index (χ0v) is 12.1. The largest absolute Gasteiger partial charge is 0.332 e. The lowest BCUT2D eigenvalue weighted by molar-refractivity contribution is -0.750. The van der Waals surface area contributed by atoms with Gasteiger partial charge in [0.2, 0.25) is 11.5 Å². The number of quaternary nitrogens is 1. The highest BCUT2D eigenvalue weighted by atomic mass is 15.6. The Kier molecular flexibility index (Phi) is 2.29. The van der Waals surface area contributed by atoms with Crippen LogP contribution >= 0.6 is 0 Å². The predicted octanol–water partition coefficient (Wildman–Crippen LogP) is 2.28. The van der Waals surface area contributed by atoms with Gasteiger partial charge in [-0.15, -0.1) is 4.59 Å². The zero-order valence-electron chi connectivity index (χ0n) is 12.1. The van der Waals surface area contributed by atoms with E-state index in [1.54, 1.807) is 12.4 Å². The molecule has 0 saturated heterocycles. The van der Waals surface area contributed by atoms with E-state index >= 15 is 0 Å². The minimum Gasteiger partial charge on any atom is -0.332 e. The topological polar surface area (TPSA) is 79.4 Å². The first kappa shape index (κ1) is 12.5. The molecule has 1 aromatic carbocycles. The molecule has 3 heterocycles. The van der Waals surface area contributed by atoms with Crippen molar-refractivity contribution in [3.05, 3.63) is 77.7 Å². The van der Waals surface area contributed by atoms with Gasteiger partial charge in [-0.3, -0.25) is 4.99 Å². The van der Waals surface area contributed by atoms with Crippen molar-refractivity contribution < 1.29 is 4.59 Å². The summed E-state index contributed by atoms with van der Waals surface area (Å²) in [5, 5.41) is 0. The number of nitrogens with two attached hydrogens (primary N) is 1. The number of imidazole rings is 1. The van der Waals surface area contributed by atoms with Crippen molar-refractivity contribution in [1.82, 2.24) is 9.97 Å². The van der Waals surface area contributed by atoms with E-state index in [1.165, 1.54) is 0 Å². The van der Waals surface area contributed by atoms with Crippen LogP contribution in [0.1, 0.15) is 5.82 Å². The second-order valence-electron chi connectivity index (χ2n) is 5.61. The summed E-state index contributed by atoms with van der Waals surface area (Å²) in [7, 11) is 0. The molecule has 5 rings (SSSR count). The van der Waals surface area contributed by atoms with Crippen LogP contribution in [0.4, 0.5) is 0 Å². The van der Waals surface area contributed by atoms with Crippen molar-refractivity contribution in [2.45, 2.75) is 0 Å². The molecule has 6 nitrogen and oxygen atoms in total. The van der Waals surface area contributed by atoms with Gasteiger partial charge in [-0.05, 0) is 12.1 Å². The summed E-state index contributed by atoms with van der Waals surface area (Å²) in [6.07, 6.45) is 11.3. The van der Waals surface area contributed by atoms with Crippen molar-refractivity contribution in [3.63, 3.8) is 0 Å². The number of H-pyrrole nitrogens is 1. The number of aromatic amines is 1. The average molecular weight is 301 g/mol. The second kappa shape index (κ2) is 4.22. The van der Waals surface area contributed by atoms with Crippen LogP contribution < -0.4 is 5.84 Å². The molecule has 6 heteroatoms. The Morgan fingerprint density at radius 3 is 2.83 bits per heavy atom. The lowest BCUT2D eigenvalue weighted by Gasteiger charge is -2.25. The Morgan fingerprint density at radius 1 is 1.17 bits per heavy atom. The number of nitrogens with zero attached hydrogens (tertiary/aromatic N) is 4. The summed E-state index contributed by atoms with van der Waals surface area (Å²) >= 11 is 0. The first-order valence-corrected chi connectivity index (χ1v) is 7.32. The van der Waals surface area contributed by atoms with Gasteiger partial charge in [0.05, 0.1) is 23.4 Å². The maximum Gasteiger partial charge on any atom is 0.301 e. The Balaban J connectivity index is 1.71. The van der Waals surface area contributed by atoms with E-state index < -0.39 is 0 Å². The van der Waals surface area contributed by atoms with Crippen molar-refractivity contribution >= 4 is 23.1 Å². The van der Waals surface area contributed by atoms with Gasteiger partial charge in [0.15, 0.2) is 0 Å². The SMILES string of the molecule is N[N+]12C=CN=CC1=C(C1=CC=C1)N=C2c1nc2ccccc2[nH]1. The Labute approximate surface area is 131 Å². The number of para-hydroxylation sites is 2. The molecule has 2 aliphatic heterocycles. The van der Waals surface area contributed by atoms with Gasteiger partial charge >= 0.3 is 5.84 Å². The quantitative estimate of drug-likeness (QED) is 0.659. The molecular formula is C17H13N6+. The third-order valence-electron chi connectivity index (χ3n) is 4.22. The first-order valence-electron chi connectivity index (χ1n) is 7.32. The first-order chi connectivity index (χ1) is 11.3. The molecule has 0 spiro atoms. The molecule has 0 saturated carbocycles. The molecule has 110 valence electrons. The fourth-order valence-electron chi connectivity index (χ4n) is 2.95. The fourth-order valence-corrected chi connectivity index (χ4v) is 2.95. The summed E-state index contributed by atoms with van der Waals surface area (Å²) in [6, 6.07) is 7.89. The van der Waals surface area contributed by atoms with Crippen molar-refractivity contribution in [2.75, 3.05) is 0 Å². The molecule has 0 fully saturated rings. The molecule has 23 heavy (non-hydrogen) atoms. The lowest BCUT2D eigenvalue weighted by atomic mass is 10.0. The number of benzene rings is 1. The summed E-state index contributed by atoms with van der Waals surface area (Å²) in [5.74, 6) is 7.96. The Hall–Kier alpha value is -3.09. The third kappa shape index (κ3) is 1.61. The number of hydrogen-bond donors (Lipinski definition) is 2. The highest BCUT2D eigenvalue weighted by Crippen LogP contribution is 2.35. The van der Waals surface area contributed by atoms with Crippen LogP contribution in [0.15, 0.2) is 81.8 Å². The molecular weight excluding hydrogens is 288 g/mol. The van der Waals surface area contributed by atoms with E-state index in [4.69, 9.17) is 10.8 Å². The van der Waals surface area contributed by atoms with Crippen LogP contribution in [0.3, 0.4) is 0 Å². The van der Waals surface area contributed by atoms with Crippen molar-refractivity contribution in [1.29, 1.82) is 0 Å². The number of rotatable bonds is 2. The molecule has 1 aromatic heterocycles. The molecule has 1 unspecified atom stereocenters. The van der Waals surface area contributed by atoms with Crippen LogP contribution in [0.25, 0.3) is 11.0 Å². The minimum absolute atomic E-state index is 0.0240. The van der Waals surface area contributed by atoms with Crippen LogP contribution in [0.5, 0.6) is 0 Å². The second-order valence-corrected chi connectivity index (χ2v) is 5.61. The number of hydrogen-bond acceptors (Lipinski definition) is 4. The van der Waals surface area contributed by atoms with Gasteiger partial charge in [0.1, 0.15) is 11.9 Å². The van der Waals surface area contributed by atoms with Gasteiger partial charge in [-0.2, -0.15) is 10.8 Å². The van der Waals surface area contributed by atoms with E-state index in [9.17, 15) is 0 Å². The van der Waals surface area contributed by atoms with Crippen LogP contribution in [0, 0.1) is 0 Å². The normalized spacial score (nSPS) is 24.7. The maximum atomic E-state index is 6.63. The third-order valence-corrected chi connectivity index (χ3v) is 4.22. The number of allylic oxidation sites excluding steroid dienone is 4. The van der Waals surface area contributed by atoms with Gasteiger partial charge in [0.25, 0.3) is 0 Å². The minimum atomic E-state index is -0.0240. The highest BCUT2D eigenvalue weighted by Gasteiger charge is 2.46. The standard InChI is InChI=1S/C17H13N6/c18-23-9-8-19-10-14(23)15(11-4-3-5-11)22-17(23)16-20-12-6-1-2-7-13(12)21-16/h1-10H,18H2,(H,20,21)/q+1. The highest BCUT2D eigenvalue weighted by molar-refractivity contribution is 6.00. The maximum absolute atomic E-state index is 6.63. The molecule has 3 N–H and O–H groups in total. The molecule has 0 bridgehead atoms. The van der Waals surface area contributed by atoms with Crippen molar-refractivity contribution in [3.8, 4) is 0 Å². The van der Waals surface area contributed by atoms with E-state index in [0.29, 0.717) is 11.7 Å². The number of amidine groups is 1. The van der Waals surface area contributed by atoms with Crippen LogP contribution in [-0.4, -0.2) is 26.6 Å². The van der Waals surface area contributed by atoms with Crippen LogP contribution in [0.2, 0.25) is 0 Å². The van der Waals surface area contributed by atoms with E-state index in [-0.39, 0.29) is 4.59 Å². The summed E-state index contributed by atoms with van der Waals surface area (Å²) in [4.78, 5) is 16.9. The molecule has 1 atom stereocenters. The zero-order chi connectivity index (χ0) is 15.4. The molecule has 1 aliphatic carbocycles. The smallest absolute Gasteiger partial charge is 0.301 e. The van der Waals surface area contributed by atoms with Gasteiger partial charge in [0, 0.05) is 5.57 Å². The van der Waals surface area contributed by atoms with E-state index in [0.717, 1.165) is 28.0 Å². The van der Waals surface area contributed by atoms with Crippen LogP contribution in [-0.2, 0) is 0 Å². The fraction of sp³-hybridized carbons (Fsp3) is 0. The molecule has 0 radical (unpaired) electrons. The Morgan fingerprint density at radius 2 is 2.04 bits per heavy atom. The van der Waals surface area contributed by atoms with E-state index in [2.05, 4.69) is 15.0 Å². The summed E-state index contributed by atoms with van der Waals surface area (Å²) in [6.45, 7) is 0. The number of aliphatic imine (C=N–C) groups is 2. The van der Waals surface area contributed by atoms with E-state index in [1.807, 2.05) is 48.7 Å². The lowest BCUT2D eigenvalue weighted by Crippen LogP contribution is -2.53. The van der Waals surface area contributed by atoms with Gasteiger partial charge < -0.3 is 4.98 Å². The number of fused-ring (bicyclic) bond motifs is 2.